The van der Waals surface area contributed by atoms with Gasteiger partial charge < -0.3 is 15.1 Å². The Hall–Kier alpha value is -2.04. The standard InChI is InChI=1S/C15H19N3O2/c1-3-16-14(20)18-9-8-15(10-18)11-6-4-5-7-12(11)17(2)13(15)19/h4-7H,3,8-10H2,1-2H3,(H,16,20). The molecule has 1 aromatic carbocycles. The van der Waals surface area contributed by atoms with Crippen molar-refractivity contribution in [1.82, 2.24) is 10.2 Å². The summed E-state index contributed by atoms with van der Waals surface area (Å²) in [5.74, 6) is 0.102. The number of benzene rings is 1. The van der Waals surface area contributed by atoms with E-state index in [1.54, 1.807) is 9.80 Å². The van der Waals surface area contributed by atoms with Gasteiger partial charge in [0.25, 0.3) is 0 Å². The van der Waals surface area contributed by atoms with Crippen LogP contribution < -0.4 is 10.2 Å². The van der Waals surface area contributed by atoms with Crippen molar-refractivity contribution in [3.8, 4) is 0 Å². The van der Waals surface area contributed by atoms with Crippen LogP contribution in [0.1, 0.15) is 18.9 Å². The first-order chi connectivity index (χ1) is 9.60. The molecule has 5 heteroatoms. The number of nitrogens with one attached hydrogen (secondary N) is 1. The molecule has 3 amide bonds. The molecule has 1 aromatic rings. The van der Waals surface area contributed by atoms with E-state index in [9.17, 15) is 9.59 Å². The molecule has 0 radical (unpaired) electrons. The molecule has 2 aliphatic rings. The maximum atomic E-state index is 12.7. The van der Waals surface area contributed by atoms with Crippen LogP contribution in [0.5, 0.6) is 0 Å². The van der Waals surface area contributed by atoms with Crippen molar-refractivity contribution in [2.75, 3.05) is 31.6 Å². The minimum Gasteiger partial charge on any atom is -0.338 e. The van der Waals surface area contributed by atoms with Crippen LogP contribution in [0, 0.1) is 0 Å². The summed E-state index contributed by atoms with van der Waals surface area (Å²) in [5.41, 5.74) is 1.48. The zero-order valence-corrected chi connectivity index (χ0v) is 11.8. The molecular formula is C15H19N3O2. The van der Waals surface area contributed by atoms with Gasteiger partial charge in [0.2, 0.25) is 5.91 Å². The fourth-order valence-corrected chi connectivity index (χ4v) is 3.36. The van der Waals surface area contributed by atoms with E-state index in [1.165, 1.54) is 0 Å². The lowest BCUT2D eigenvalue weighted by molar-refractivity contribution is -0.122. The second-order valence-corrected chi connectivity index (χ2v) is 5.47. The monoisotopic (exact) mass is 273 g/mol. The Kier molecular flexibility index (Phi) is 2.92. The van der Waals surface area contributed by atoms with Gasteiger partial charge in [0.05, 0.1) is 5.41 Å². The third kappa shape index (κ3) is 1.62. The van der Waals surface area contributed by atoms with Crippen molar-refractivity contribution in [1.29, 1.82) is 0 Å². The predicted molar refractivity (Wildman–Crippen MR) is 76.8 cm³/mol. The molecule has 0 bridgehead atoms. The molecule has 1 saturated heterocycles. The lowest BCUT2D eigenvalue weighted by Gasteiger charge is -2.23. The van der Waals surface area contributed by atoms with E-state index in [0.29, 0.717) is 26.1 Å². The third-order valence-corrected chi connectivity index (χ3v) is 4.38. The highest BCUT2D eigenvalue weighted by atomic mass is 16.2. The van der Waals surface area contributed by atoms with Crippen LogP contribution in [0.25, 0.3) is 0 Å². The Morgan fingerprint density at radius 3 is 2.90 bits per heavy atom. The van der Waals surface area contributed by atoms with Gasteiger partial charge in [-0.3, -0.25) is 4.79 Å². The number of hydrogen-bond acceptors (Lipinski definition) is 2. The van der Waals surface area contributed by atoms with E-state index in [4.69, 9.17) is 0 Å². The van der Waals surface area contributed by atoms with Gasteiger partial charge in [0, 0.05) is 32.4 Å². The van der Waals surface area contributed by atoms with Crippen molar-refractivity contribution in [2.24, 2.45) is 0 Å². The van der Waals surface area contributed by atoms with E-state index in [-0.39, 0.29) is 11.9 Å². The fourth-order valence-electron chi connectivity index (χ4n) is 3.36. The van der Waals surface area contributed by atoms with E-state index >= 15 is 0 Å². The largest absolute Gasteiger partial charge is 0.338 e. The molecule has 0 aromatic heterocycles. The molecule has 2 heterocycles. The van der Waals surface area contributed by atoms with Crippen LogP contribution in [0.2, 0.25) is 0 Å². The third-order valence-electron chi connectivity index (χ3n) is 4.38. The lowest BCUT2D eigenvalue weighted by atomic mass is 9.81. The van der Waals surface area contributed by atoms with E-state index in [0.717, 1.165) is 11.3 Å². The molecule has 1 spiro atoms. The van der Waals surface area contributed by atoms with Crippen molar-refractivity contribution >= 4 is 17.6 Å². The summed E-state index contributed by atoms with van der Waals surface area (Å²) in [7, 11) is 1.81. The zero-order chi connectivity index (χ0) is 14.3. The van der Waals surface area contributed by atoms with Gasteiger partial charge in [-0.2, -0.15) is 0 Å². The highest BCUT2D eigenvalue weighted by molar-refractivity contribution is 6.08. The number of rotatable bonds is 1. The quantitative estimate of drug-likeness (QED) is 0.839. The Morgan fingerprint density at radius 2 is 2.15 bits per heavy atom. The second-order valence-electron chi connectivity index (χ2n) is 5.47. The molecule has 3 rings (SSSR count). The first-order valence-electron chi connectivity index (χ1n) is 7.00. The number of urea groups is 1. The van der Waals surface area contributed by atoms with E-state index < -0.39 is 5.41 Å². The topological polar surface area (TPSA) is 52.7 Å². The smallest absolute Gasteiger partial charge is 0.317 e. The molecule has 2 aliphatic heterocycles. The predicted octanol–water partition coefficient (Wildman–Crippen LogP) is 1.34. The molecule has 0 aliphatic carbocycles. The number of fused-ring (bicyclic) bond motifs is 2. The number of likely N-dealkylation sites (N-methyl/N-ethyl adjacent to an activating group) is 1. The molecular weight excluding hydrogens is 254 g/mol. The Bertz CT molecular complexity index is 572. The lowest BCUT2D eigenvalue weighted by Crippen LogP contribution is -2.44. The van der Waals surface area contributed by atoms with Gasteiger partial charge in [-0.25, -0.2) is 4.79 Å². The molecule has 1 fully saturated rings. The van der Waals surface area contributed by atoms with E-state index in [2.05, 4.69) is 5.32 Å². The highest BCUT2D eigenvalue weighted by Crippen LogP contribution is 2.46. The normalized spacial score (nSPS) is 24.4. The first-order valence-corrected chi connectivity index (χ1v) is 7.00. The minimum atomic E-state index is -0.545. The molecule has 1 atom stereocenters. The summed E-state index contributed by atoms with van der Waals surface area (Å²) in [6.45, 7) is 3.60. The van der Waals surface area contributed by atoms with Gasteiger partial charge in [0.1, 0.15) is 0 Å². The average molecular weight is 273 g/mol. The zero-order valence-electron chi connectivity index (χ0n) is 11.8. The Balaban J connectivity index is 1.95. The van der Waals surface area contributed by atoms with Crippen molar-refractivity contribution in [3.63, 3.8) is 0 Å². The summed E-state index contributed by atoms with van der Waals surface area (Å²) in [6.07, 6.45) is 0.699. The SMILES string of the molecule is CCNC(=O)N1CCC2(C1)C(=O)N(C)c1ccccc12. The molecule has 20 heavy (non-hydrogen) atoms. The highest BCUT2D eigenvalue weighted by Gasteiger charge is 2.54. The van der Waals surface area contributed by atoms with Crippen LogP contribution in [0.15, 0.2) is 24.3 Å². The van der Waals surface area contributed by atoms with Crippen molar-refractivity contribution in [3.05, 3.63) is 29.8 Å². The van der Waals surface area contributed by atoms with E-state index in [1.807, 2.05) is 38.2 Å². The molecule has 5 nitrogen and oxygen atoms in total. The summed E-state index contributed by atoms with van der Waals surface area (Å²) in [5, 5.41) is 2.81. The van der Waals surface area contributed by atoms with Gasteiger partial charge in [-0.05, 0) is 25.0 Å². The van der Waals surface area contributed by atoms with Gasteiger partial charge >= 0.3 is 6.03 Å². The minimum absolute atomic E-state index is 0.0794. The van der Waals surface area contributed by atoms with Crippen molar-refractivity contribution < 1.29 is 9.59 Å². The maximum absolute atomic E-state index is 12.7. The molecule has 106 valence electrons. The van der Waals surface area contributed by atoms with Crippen LogP contribution in [-0.4, -0.2) is 43.5 Å². The number of carbonyl (C=O) groups excluding carboxylic acids is 2. The molecule has 1 N–H and O–H groups in total. The summed E-state index contributed by atoms with van der Waals surface area (Å²) < 4.78 is 0. The fraction of sp³-hybridized carbons (Fsp3) is 0.467. The van der Waals surface area contributed by atoms with Gasteiger partial charge in [-0.15, -0.1) is 0 Å². The second kappa shape index (κ2) is 4.51. The van der Waals surface area contributed by atoms with Crippen LogP contribution in [0.4, 0.5) is 10.5 Å². The average Bonchev–Trinajstić information content (AvgIpc) is 2.99. The Morgan fingerprint density at radius 1 is 1.40 bits per heavy atom. The number of hydrogen-bond donors (Lipinski definition) is 1. The Labute approximate surface area is 118 Å². The molecule has 1 unspecified atom stereocenters. The van der Waals surface area contributed by atoms with Crippen LogP contribution >= 0.6 is 0 Å². The van der Waals surface area contributed by atoms with Crippen LogP contribution in [-0.2, 0) is 10.2 Å². The molecule has 0 saturated carbocycles. The van der Waals surface area contributed by atoms with Gasteiger partial charge in [-0.1, -0.05) is 18.2 Å². The summed E-state index contributed by atoms with van der Waals surface area (Å²) in [6, 6.07) is 7.80. The number of carbonyl (C=O) groups is 2. The number of nitrogens with zero attached hydrogens (tertiary/aromatic N) is 2. The number of likely N-dealkylation sites (tertiary alicyclic amines) is 1. The summed E-state index contributed by atoms with van der Waals surface area (Å²) >= 11 is 0. The van der Waals surface area contributed by atoms with Crippen molar-refractivity contribution in [2.45, 2.75) is 18.8 Å². The number of amides is 3. The summed E-state index contributed by atoms with van der Waals surface area (Å²) in [4.78, 5) is 28.1. The maximum Gasteiger partial charge on any atom is 0.317 e. The van der Waals surface area contributed by atoms with Crippen LogP contribution in [0.3, 0.4) is 0 Å². The number of anilines is 1. The number of para-hydroxylation sites is 1. The van der Waals surface area contributed by atoms with Gasteiger partial charge in [0.15, 0.2) is 0 Å². The first kappa shape index (κ1) is 13.0.